The Labute approximate surface area is 91.4 Å². The van der Waals surface area contributed by atoms with E-state index >= 15 is 0 Å². The molecule has 2 aliphatic rings. The molecule has 2 aliphatic carbocycles. The number of carboxylic acids is 1. The van der Waals surface area contributed by atoms with Gasteiger partial charge < -0.3 is 5.11 Å². The molecule has 3 unspecified atom stereocenters. The van der Waals surface area contributed by atoms with Crippen LogP contribution < -0.4 is 0 Å². The third-order valence-electron chi connectivity index (χ3n) is 4.72. The smallest absolute Gasteiger partial charge is 0.309 e. The van der Waals surface area contributed by atoms with Crippen molar-refractivity contribution < 1.29 is 9.90 Å². The molecule has 0 aromatic rings. The van der Waals surface area contributed by atoms with Crippen molar-refractivity contribution in [1.29, 1.82) is 0 Å². The highest BCUT2D eigenvalue weighted by Crippen LogP contribution is 2.65. The van der Waals surface area contributed by atoms with Crippen LogP contribution >= 0.6 is 0 Å². The van der Waals surface area contributed by atoms with Crippen LogP contribution in [0, 0.1) is 22.2 Å². The number of fused-ring (bicyclic) bond motifs is 2. The Kier molecular flexibility index (Phi) is 1.90. The number of hydrogen-bond acceptors (Lipinski definition) is 1. The van der Waals surface area contributed by atoms with Crippen molar-refractivity contribution in [3.05, 3.63) is 12.2 Å². The Balaban J connectivity index is 2.39. The zero-order valence-electron chi connectivity index (χ0n) is 10.0. The minimum atomic E-state index is -0.636. The van der Waals surface area contributed by atoms with Crippen LogP contribution in [0.2, 0.25) is 0 Å². The summed E-state index contributed by atoms with van der Waals surface area (Å²) in [5.41, 5.74) is -0.279. The van der Waals surface area contributed by atoms with Gasteiger partial charge in [-0.15, -0.1) is 0 Å². The predicted molar refractivity (Wildman–Crippen MR) is 59.5 cm³/mol. The number of rotatable bonds is 1. The van der Waals surface area contributed by atoms with Gasteiger partial charge >= 0.3 is 5.97 Å². The van der Waals surface area contributed by atoms with Crippen LogP contribution in [0.15, 0.2) is 12.2 Å². The SMILES string of the molecule is CC1(C(=O)O)CC2(C(C)(C)C)C=CC1C2. The van der Waals surface area contributed by atoms with E-state index in [9.17, 15) is 9.90 Å². The van der Waals surface area contributed by atoms with E-state index in [1.165, 1.54) is 0 Å². The minimum absolute atomic E-state index is 0.102. The monoisotopic (exact) mass is 208 g/mol. The average Bonchev–Trinajstić information content (AvgIpc) is 2.59. The molecule has 2 nitrogen and oxygen atoms in total. The maximum absolute atomic E-state index is 11.3. The van der Waals surface area contributed by atoms with Crippen LogP contribution in [0.5, 0.6) is 0 Å². The first-order chi connectivity index (χ1) is 6.71. The van der Waals surface area contributed by atoms with Crippen LogP contribution in [-0.4, -0.2) is 11.1 Å². The van der Waals surface area contributed by atoms with Gasteiger partial charge in [-0.2, -0.15) is 0 Å². The quantitative estimate of drug-likeness (QED) is 0.672. The lowest BCUT2D eigenvalue weighted by Gasteiger charge is -2.40. The molecule has 3 atom stereocenters. The summed E-state index contributed by atoms with van der Waals surface area (Å²) in [5.74, 6) is -0.405. The van der Waals surface area contributed by atoms with E-state index in [-0.39, 0.29) is 16.7 Å². The molecule has 0 spiro atoms. The number of carboxylic acid groups (broad SMARTS) is 1. The Hall–Kier alpha value is -0.790. The normalized spacial score (nSPS) is 43.6. The lowest BCUT2D eigenvalue weighted by Crippen LogP contribution is -2.37. The van der Waals surface area contributed by atoms with Gasteiger partial charge in [-0.3, -0.25) is 4.79 Å². The van der Waals surface area contributed by atoms with Crippen LogP contribution in [0.4, 0.5) is 0 Å². The van der Waals surface area contributed by atoms with Gasteiger partial charge in [0.05, 0.1) is 5.41 Å². The summed E-state index contributed by atoms with van der Waals surface area (Å²) >= 11 is 0. The summed E-state index contributed by atoms with van der Waals surface area (Å²) in [6.45, 7) is 8.55. The fraction of sp³-hybridized carbons (Fsp3) is 0.769. The summed E-state index contributed by atoms with van der Waals surface area (Å²) in [5, 5.41) is 9.34. The molecule has 0 aromatic carbocycles. The second-order valence-corrected chi connectivity index (χ2v) is 6.48. The number of carbonyl (C=O) groups is 1. The van der Waals surface area contributed by atoms with Crippen LogP contribution in [0.25, 0.3) is 0 Å². The Morgan fingerprint density at radius 1 is 1.47 bits per heavy atom. The highest BCUT2D eigenvalue weighted by atomic mass is 16.4. The average molecular weight is 208 g/mol. The van der Waals surface area contributed by atoms with Gasteiger partial charge in [0.2, 0.25) is 0 Å². The molecule has 0 aliphatic heterocycles. The number of hydrogen-bond donors (Lipinski definition) is 1. The molecule has 2 bridgehead atoms. The van der Waals surface area contributed by atoms with Gasteiger partial charge in [0.1, 0.15) is 0 Å². The standard InChI is InChI=1S/C13H20O2/c1-11(2,3)13-6-5-9(7-13)12(4,8-13)10(14)15/h5-6,9H,7-8H2,1-4H3,(H,14,15). The highest BCUT2D eigenvalue weighted by molar-refractivity contribution is 5.76. The topological polar surface area (TPSA) is 37.3 Å². The third kappa shape index (κ3) is 1.20. The van der Waals surface area contributed by atoms with Crippen molar-refractivity contribution in [2.75, 3.05) is 0 Å². The third-order valence-corrected chi connectivity index (χ3v) is 4.72. The maximum Gasteiger partial charge on any atom is 0.309 e. The molecule has 2 rings (SSSR count). The largest absolute Gasteiger partial charge is 0.481 e. The molecule has 0 heterocycles. The maximum atomic E-state index is 11.3. The first-order valence-corrected chi connectivity index (χ1v) is 5.64. The van der Waals surface area contributed by atoms with Crippen molar-refractivity contribution in [3.8, 4) is 0 Å². The fourth-order valence-electron chi connectivity index (χ4n) is 3.24. The second kappa shape index (κ2) is 2.66. The molecular weight excluding hydrogens is 188 g/mol. The summed E-state index contributed by atoms with van der Waals surface area (Å²) < 4.78 is 0. The van der Waals surface area contributed by atoms with Crippen molar-refractivity contribution in [1.82, 2.24) is 0 Å². The molecular formula is C13H20O2. The van der Waals surface area contributed by atoms with Gasteiger partial charge in [-0.1, -0.05) is 32.9 Å². The van der Waals surface area contributed by atoms with E-state index in [1.807, 2.05) is 6.92 Å². The molecule has 1 fully saturated rings. The summed E-state index contributed by atoms with van der Waals surface area (Å²) in [7, 11) is 0. The zero-order valence-corrected chi connectivity index (χ0v) is 10.0. The van der Waals surface area contributed by atoms with Crippen LogP contribution in [-0.2, 0) is 4.79 Å². The number of allylic oxidation sites excluding steroid dienone is 2. The van der Waals surface area contributed by atoms with Crippen molar-refractivity contribution >= 4 is 5.97 Å². The lowest BCUT2D eigenvalue weighted by molar-refractivity contribution is -0.150. The molecule has 0 radical (unpaired) electrons. The van der Waals surface area contributed by atoms with Crippen LogP contribution in [0.3, 0.4) is 0 Å². The molecule has 15 heavy (non-hydrogen) atoms. The van der Waals surface area contributed by atoms with E-state index < -0.39 is 11.4 Å². The predicted octanol–water partition coefficient (Wildman–Crippen LogP) is 3.09. The molecule has 84 valence electrons. The Bertz CT molecular complexity index is 337. The minimum Gasteiger partial charge on any atom is -0.481 e. The Morgan fingerprint density at radius 3 is 2.40 bits per heavy atom. The highest BCUT2D eigenvalue weighted by Gasteiger charge is 2.60. The van der Waals surface area contributed by atoms with Crippen LogP contribution in [0.1, 0.15) is 40.5 Å². The van der Waals surface area contributed by atoms with Crippen molar-refractivity contribution in [2.45, 2.75) is 40.5 Å². The van der Waals surface area contributed by atoms with Gasteiger partial charge in [-0.05, 0) is 36.5 Å². The van der Waals surface area contributed by atoms with Crippen molar-refractivity contribution in [2.24, 2.45) is 22.2 Å². The second-order valence-electron chi connectivity index (χ2n) is 6.48. The summed E-state index contributed by atoms with van der Waals surface area (Å²) in [4.78, 5) is 11.3. The first-order valence-electron chi connectivity index (χ1n) is 5.64. The van der Waals surface area contributed by atoms with E-state index in [0.29, 0.717) is 0 Å². The summed E-state index contributed by atoms with van der Waals surface area (Å²) in [6.07, 6.45) is 6.20. The molecule has 0 aromatic heterocycles. The number of aliphatic carboxylic acids is 1. The fourth-order valence-corrected chi connectivity index (χ4v) is 3.24. The van der Waals surface area contributed by atoms with E-state index in [2.05, 4.69) is 32.9 Å². The molecule has 2 heteroatoms. The summed E-state index contributed by atoms with van der Waals surface area (Å²) in [6, 6.07) is 0. The molecule has 1 saturated carbocycles. The lowest BCUT2D eigenvalue weighted by atomic mass is 9.63. The molecule has 0 amide bonds. The first kappa shape index (κ1) is 10.7. The van der Waals surface area contributed by atoms with E-state index in [1.54, 1.807) is 0 Å². The van der Waals surface area contributed by atoms with E-state index in [4.69, 9.17) is 0 Å². The molecule has 1 N–H and O–H groups in total. The van der Waals surface area contributed by atoms with Gasteiger partial charge in [0, 0.05) is 0 Å². The zero-order chi connectivity index (χ0) is 11.5. The van der Waals surface area contributed by atoms with Gasteiger partial charge in [0.15, 0.2) is 0 Å². The van der Waals surface area contributed by atoms with E-state index in [0.717, 1.165) is 12.8 Å². The van der Waals surface area contributed by atoms with Gasteiger partial charge in [-0.25, -0.2) is 0 Å². The Morgan fingerprint density at radius 2 is 2.07 bits per heavy atom. The molecule has 0 saturated heterocycles. The van der Waals surface area contributed by atoms with Gasteiger partial charge in [0.25, 0.3) is 0 Å². The van der Waals surface area contributed by atoms with Crippen molar-refractivity contribution in [3.63, 3.8) is 0 Å².